The number of nitrogens with one attached hydrogen (secondary N) is 1. The van der Waals surface area contributed by atoms with Crippen LogP contribution in [0.25, 0.3) is 11.0 Å². The Bertz CT molecular complexity index is 1030. The number of rotatable bonds is 5. The van der Waals surface area contributed by atoms with Gasteiger partial charge >= 0.3 is 0 Å². The first-order chi connectivity index (χ1) is 13.6. The highest BCUT2D eigenvalue weighted by atomic mass is 19.1. The fourth-order valence-electron chi connectivity index (χ4n) is 2.97. The molecular formula is C19H17FN6O2. The molecule has 1 aliphatic heterocycles. The summed E-state index contributed by atoms with van der Waals surface area (Å²) < 4.78 is 19.0. The molecule has 4 heterocycles. The minimum atomic E-state index is -0.424. The van der Waals surface area contributed by atoms with Gasteiger partial charge in [0, 0.05) is 19.0 Å². The standard InChI is InChI=1S/C19H17FN6O2/c1-2-17(27)26-8-7-13(10-26)28-16-6-4-14-18(25-16)19(23-11-22-14)24-15-5-3-12(20)9-21-15/h2-6,9,11,13H,1,7-8,10H2,(H,21,22,23,24)/t13-/m0/s1. The highest BCUT2D eigenvalue weighted by Crippen LogP contribution is 2.24. The number of halogens is 1. The number of hydrogen-bond acceptors (Lipinski definition) is 7. The molecule has 1 aliphatic rings. The average molecular weight is 380 g/mol. The van der Waals surface area contributed by atoms with Crippen molar-refractivity contribution in [3.05, 3.63) is 55.3 Å². The molecule has 0 aliphatic carbocycles. The van der Waals surface area contributed by atoms with Gasteiger partial charge in [0.2, 0.25) is 11.8 Å². The van der Waals surface area contributed by atoms with Gasteiger partial charge in [-0.25, -0.2) is 24.3 Å². The zero-order valence-electron chi connectivity index (χ0n) is 14.9. The number of fused-ring (bicyclic) bond motifs is 1. The normalized spacial score (nSPS) is 16.2. The number of hydrogen-bond donors (Lipinski definition) is 1. The topological polar surface area (TPSA) is 93.1 Å². The Morgan fingerprint density at radius 2 is 2.18 bits per heavy atom. The fourth-order valence-corrected chi connectivity index (χ4v) is 2.97. The van der Waals surface area contributed by atoms with Crippen molar-refractivity contribution in [1.82, 2.24) is 24.8 Å². The minimum absolute atomic E-state index is 0.107. The van der Waals surface area contributed by atoms with E-state index >= 15 is 0 Å². The SMILES string of the molecule is C=CC(=O)N1CC[C@H](Oc2ccc3ncnc(Nc4ccc(F)cn4)c3n2)C1. The fraction of sp³-hybridized carbons (Fsp3) is 0.211. The summed E-state index contributed by atoms with van der Waals surface area (Å²) in [5, 5.41) is 3.01. The molecule has 8 nitrogen and oxygen atoms in total. The number of aromatic nitrogens is 4. The molecule has 3 aromatic rings. The Labute approximate surface area is 160 Å². The molecular weight excluding hydrogens is 363 g/mol. The predicted molar refractivity (Wildman–Crippen MR) is 101 cm³/mol. The van der Waals surface area contributed by atoms with Crippen molar-refractivity contribution < 1.29 is 13.9 Å². The lowest BCUT2D eigenvalue weighted by molar-refractivity contribution is -0.125. The first-order valence-corrected chi connectivity index (χ1v) is 8.71. The second-order valence-electron chi connectivity index (χ2n) is 6.24. The summed E-state index contributed by atoms with van der Waals surface area (Å²) in [5.41, 5.74) is 1.13. The van der Waals surface area contributed by atoms with E-state index in [0.717, 1.165) is 12.6 Å². The van der Waals surface area contributed by atoms with E-state index in [2.05, 4.69) is 31.8 Å². The summed E-state index contributed by atoms with van der Waals surface area (Å²) in [6.07, 6.45) is 4.40. The van der Waals surface area contributed by atoms with Crippen LogP contribution in [0.4, 0.5) is 16.0 Å². The molecule has 0 saturated carbocycles. The number of pyridine rings is 2. The number of likely N-dealkylation sites (tertiary alicyclic amines) is 1. The monoisotopic (exact) mass is 380 g/mol. The van der Waals surface area contributed by atoms with E-state index in [9.17, 15) is 9.18 Å². The molecule has 4 rings (SSSR count). The maximum atomic E-state index is 13.1. The second kappa shape index (κ2) is 7.55. The van der Waals surface area contributed by atoms with Gasteiger partial charge < -0.3 is 15.0 Å². The summed E-state index contributed by atoms with van der Waals surface area (Å²) >= 11 is 0. The Morgan fingerprint density at radius 3 is 2.96 bits per heavy atom. The van der Waals surface area contributed by atoms with E-state index in [-0.39, 0.29) is 12.0 Å². The average Bonchev–Trinajstić information content (AvgIpc) is 3.18. The maximum Gasteiger partial charge on any atom is 0.246 e. The van der Waals surface area contributed by atoms with Crippen LogP contribution in [0.5, 0.6) is 5.88 Å². The zero-order valence-corrected chi connectivity index (χ0v) is 14.9. The van der Waals surface area contributed by atoms with Crippen molar-refractivity contribution in [2.45, 2.75) is 12.5 Å². The summed E-state index contributed by atoms with van der Waals surface area (Å²) in [4.78, 5) is 30.3. The van der Waals surface area contributed by atoms with Crippen LogP contribution in [0.2, 0.25) is 0 Å². The van der Waals surface area contributed by atoms with Crippen molar-refractivity contribution in [2.24, 2.45) is 0 Å². The van der Waals surface area contributed by atoms with Gasteiger partial charge in [-0.2, -0.15) is 0 Å². The van der Waals surface area contributed by atoms with E-state index in [1.807, 2.05) is 0 Å². The van der Waals surface area contributed by atoms with Gasteiger partial charge in [-0.3, -0.25) is 4.79 Å². The third-order valence-corrected chi connectivity index (χ3v) is 4.35. The predicted octanol–water partition coefficient (Wildman–Crippen LogP) is 2.47. The summed E-state index contributed by atoms with van der Waals surface area (Å²) in [7, 11) is 0. The molecule has 9 heteroatoms. The van der Waals surface area contributed by atoms with Gasteiger partial charge in [0.15, 0.2) is 5.82 Å². The number of nitrogens with zero attached hydrogens (tertiary/aromatic N) is 5. The van der Waals surface area contributed by atoms with Gasteiger partial charge in [-0.05, 0) is 24.3 Å². The van der Waals surface area contributed by atoms with Crippen LogP contribution in [0.1, 0.15) is 6.42 Å². The molecule has 3 aromatic heterocycles. The smallest absolute Gasteiger partial charge is 0.246 e. The lowest BCUT2D eigenvalue weighted by Gasteiger charge is -2.15. The quantitative estimate of drug-likeness (QED) is 0.680. The van der Waals surface area contributed by atoms with Crippen LogP contribution in [0.15, 0.2) is 49.4 Å². The summed E-state index contributed by atoms with van der Waals surface area (Å²) in [6, 6.07) is 6.32. The second-order valence-corrected chi connectivity index (χ2v) is 6.24. The van der Waals surface area contributed by atoms with Crippen LogP contribution in [-0.4, -0.2) is 49.9 Å². The number of amides is 1. The van der Waals surface area contributed by atoms with Gasteiger partial charge in [0.1, 0.15) is 29.6 Å². The van der Waals surface area contributed by atoms with Crippen molar-refractivity contribution in [3.8, 4) is 5.88 Å². The molecule has 0 radical (unpaired) electrons. The Kier molecular flexibility index (Phi) is 4.79. The first kappa shape index (κ1) is 17.8. The third-order valence-electron chi connectivity index (χ3n) is 4.35. The van der Waals surface area contributed by atoms with Gasteiger partial charge in [0.05, 0.1) is 18.3 Å². The molecule has 0 bridgehead atoms. The van der Waals surface area contributed by atoms with Crippen LogP contribution in [0.3, 0.4) is 0 Å². The zero-order chi connectivity index (χ0) is 19.5. The molecule has 0 aromatic carbocycles. The summed E-state index contributed by atoms with van der Waals surface area (Å²) in [5.74, 6) is 0.750. The molecule has 1 fully saturated rings. The molecule has 1 atom stereocenters. The maximum absolute atomic E-state index is 13.1. The molecule has 0 unspecified atom stereocenters. The lowest BCUT2D eigenvalue weighted by atomic mass is 10.3. The van der Waals surface area contributed by atoms with Crippen LogP contribution >= 0.6 is 0 Å². The largest absolute Gasteiger partial charge is 0.472 e. The van der Waals surface area contributed by atoms with E-state index in [1.54, 1.807) is 17.0 Å². The minimum Gasteiger partial charge on any atom is -0.472 e. The Hall–Kier alpha value is -3.62. The van der Waals surface area contributed by atoms with Crippen molar-refractivity contribution in [1.29, 1.82) is 0 Å². The molecule has 1 amide bonds. The van der Waals surface area contributed by atoms with Crippen LogP contribution in [0, 0.1) is 5.82 Å². The van der Waals surface area contributed by atoms with Crippen molar-refractivity contribution >= 4 is 28.6 Å². The first-order valence-electron chi connectivity index (χ1n) is 8.71. The van der Waals surface area contributed by atoms with Crippen LogP contribution in [-0.2, 0) is 4.79 Å². The van der Waals surface area contributed by atoms with Gasteiger partial charge in [-0.1, -0.05) is 6.58 Å². The summed E-state index contributed by atoms with van der Waals surface area (Å²) in [6.45, 7) is 4.61. The molecule has 0 spiro atoms. The number of ether oxygens (including phenoxy) is 1. The van der Waals surface area contributed by atoms with Gasteiger partial charge in [0.25, 0.3) is 0 Å². The number of carbonyl (C=O) groups excluding carboxylic acids is 1. The van der Waals surface area contributed by atoms with E-state index in [4.69, 9.17) is 4.74 Å². The lowest BCUT2D eigenvalue weighted by Crippen LogP contribution is -2.29. The molecule has 1 saturated heterocycles. The highest BCUT2D eigenvalue weighted by Gasteiger charge is 2.26. The Balaban J connectivity index is 1.55. The molecule has 142 valence electrons. The van der Waals surface area contributed by atoms with E-state index in [0.29, 0.717) is 41.6 Å². The van der Waals surface area contributed by atoms with E-state index in [1.165, 1.54) is 24.5 Å². The third kappa shape index (κ3) is 3.73. The van der Waals surface area contributed by atoms with Crippen molar-refractivity contribution in [3.63, 3.8) is 0 Å². The van der Waals surface area contributed by atoms with E-state index < -0.39 is 5.82 Å². The highest BCUT2D eigenvalue weighted by molar-refractivity contribution is 5.87. The van der Waals surface area contributed by atoms with Gasteiger partial charge in [-0.15, -0.1) is 0 Å². The number of anilines is 2. The van der Waals surface area contributed by atoms with Crippen molar-refractivity contribution in [2.75, 3.05) is 18.4 Å². The number of carbonyl (C=O) groups is 1. The molecule has 1 N–H and O–H groups in total. The molecule has 28 heavy (non-hydrogen) atoms. The Morgan fingerprint density at radius 1 is 1.29 bits per heavy atom. The van der Waals surface area contributed by atoms with Crippen LogP contribution < -0.4 is 10.1 Å².